The van der Waals surface area contributed by atoms with Gasteiger partial charge in [-0.3, -0.25) is 9.67 Å². The first-order valence-electron chi connectivity index (χ1n) is 10.1. The Morgan fingerprint density at radius 1 is 1.36 bits per heavy atom. The number of nitrogens with zero attached hydrogens (tertiary/aromatic N) is 4. The second-order valence-electron chi connectivity index (χ2n) is 7.41. The van der Waals surface area contributed by atoms with Crippen LogP contribution in [-0.4, -0.2) is 47.9 Å². The van der Waals surface area contributed by atoms with E-state index < -0.39 is 0 Å². The van der Waals surface area contributed by atoms with Crippen molar-refractivity contribution in [1.82, 2.24) is 20.0 Å². The predicted molar refractivity (Wildman–Crippen MR) is 116 cm³/mol. The molecule has 2 aromatic rings. The van der Waals surface area contributed by atoms with Crippen molar-refractivity contribution in [1.29, 1.82) is 0 Å². The highest BCUT2D eigenvalue weighted by Gasteiger charge is 2.15. The van der Waals surface area contributed by atoms with Crippen LogP contribution in [0.5, 0.6) is 5.75 Å². The molecular formula is C22H35N5O. The molecule has 2 rings (SSSR count). The van der Waals surface area contributed by atoms with Crippen molar-refractivity contribution in [3.8, 4) is 5.75 Å². The van der Waals surface area contributed by atoms with Gasteiger partial charge in [-0.1, -0.05) is 26.0 Å². The van der Waals surface area contributed by atoms with Gasteiger partial charge in [0.2, 0.25) is 0 Å². The third kappa shape index (κ3) is 6.29. The van der Waals surface area contributed by atoms with Gasteiger partial charge in [0.05, 0.1) is 12.8 Å². The summed E-state index contributed by atoms with van der Waals surface area (Å²) in [6, 6.07) is 8.25. The monoisotopic (exact) mass is 385 g/mol. The lowest BCUT2D eigenvalue weighted by molar-refractivity contribution is 0.414. The molecular weight excluding hydrogens is 350 g/mol. The predicted octanol–water partition coefficient (Wildman–Crippen LogP) is 3.58. The van der Waals surface area contributed by atoms with Crippen molar-refractivity contribution in [3.05, 3.63) is 47.3 Å². The molecule has 0 spiro atoms. The second-order valence-corrected chi connectivity index (χ2v) is 7.41. The molecule has 1 N–H and O–H groups in total. The first-order valence-corrected chi connectivity index (χ1v) is 10.1. The average Bonchev–Trinajstić information content (AvgIpc) is 3.04. The third-order valence-corrected chi connectivity index (χ3v) is 4.61. The molecule has 1 heterocycles. The highest BCUT2D eigenvalue weighted by Crippen LogP contribution is 2.18. The maximum absolute atomic E-state index is 5.30. The lowest BCUT2D eigenvalue weighted by atomic mass is 10.1. The summed E-state index contributed by atoms with van der Waals surface area (Å²) >= 11 is 0. The van der Waals surface area contributed by atoms with Gasteiger partial charge in [0.15, 0.2) is 5.96 Å². The Bertz CT molecular complexity index is 766. The van der Waals surface area contributed by atoms with Crippen molar-refractivity contribution < 1.29 is 4.74 Å². The number of hydrogen-bond donors (Lipinski definition) is 1. The van der Waals surface area contributed by atoms with Gasteiger partial charge in [0, 0.05) is 45.5 Å². The van der Waals surface area contributed by atoms with Crippen molar-refractivity contribution in [3.63, 3.8) is 0 Å². The highest BCUT2D eigenvalue weighted by molar-refractivity contribution is 5.79. The third-order valence-electron chi connectivity index (χ3n) is 4.61. The molecule has 6 nitrogen and oxygen atoms in total. The van der Waals surface area contributed by atoms with Crippen LogP contribution >= 0.6 is 0 Å². The molecule has 0 aliphatic carbocycles. The van der Waals surface area contributed by atoms with E-state index in [2.05, 4.69) is 61.5 Å². The standard InChI is InChI=1S/C22H35N5O/c1-7-23-22(24-13-9-11-18-10-8-12-20(14-18)28-6)26(4)15-19-16-27(5)25-21(19)17(2)3/h8,10,12,14,16-17H,7,9,11,13,15H2,1-6H3,(H,23,24). The maximum Gasteiger partial charge on any atom is 0.193 e. The Kier molecular flexibility index (Phi) is 8.36. The van der Waals surface area contributed by atoms with Crippen LogP contribution in [0.15, 0.2) is 35.5 Å². The first-order chi connectivity index (χ1) is 13.4. The summed E-state index contributed by atoms with van der Waals surface area (Å²) in [6.45, 7) is 8.90. The fraction of sp³-hybridized carbons (Fsp3) is 0.545. The maximum atomic E-state index is 5.30. The summed E-state index contributed by atoms with van der Waals surface area (Å²) in [6.07, 6.45) is 4.10. The number of aliphatic imine (C=N–C) groups is 1. The lowest BCUT2D eigenvalue weighted by Crippen LogP contribution is -2.38. The van der Waals surface area contributed by atoms with Crippen LogP contribution in [0.1, 0.15) is 49.9 Å². The molecule has 0 atom stereocenters. The topological polar surface area (TPSA) is 54.7 Å². The van der Waals surface area contributed by atoms with Gasteiger partial charge in [-0.25, -0.2) is 0 Å². The highest BCUT2D eigenvalue weighted by atomic mass is 16.5. The van der Waals surface area contributed by atoms with Crippen LogP contribution in [0, 0.1) is 0 Å². The molecule has 6 heteroatoms. The van der Waals surface area contributed by atoms with Crippen molar-refractivity contribution in [2.24, 2.45) is 12.0 Å². The van der Waals surface area contributed by atoms with Gasteiger partial charge in [-0.05, 0) is 43.4 Å². The Balaban J connectivity index is 1.97. The van der Waals surface area contributed by atoms with Crippen LogP contribution in [0.4, 0.5) is 0 Å². The molecule has 0 aliphatic rings. The average molecular weight is 386 g/mol. The summed E-state index contributed by atoms with van der Waals surface area (Å²) in [5, 5.41) is 8.01. The summed E-state index contributed by atoms with van der Waals surface area (Å²) in [7, 11) is 5.77. The molecule has 0 aliphatic heterocycles. The molecule has 0 saturated heterocycles. The Morgan fingerprint density at radius 3 is 2.82 bits per heavy atom. The van der Waals surface area contributed by atoms with Crippen molar-refractivity contribution in [2.45, 2.75) is 46.1 Å². The van der Waals surface area contributed by atoms with Crippen molar-refractivity contribution >= 4 is 5.96 Å². The van der Waals surface area contributed by atoms with Crippen LogP contribution in [0.25, 0.3) is 0 Å². The van der Waals surface area contributed by atoms with Crippen LogP contribution in [-0.2, 0) is 20.0 Å². The Hall–Kier alpha value is -2.50. The van der Waals surface area contributed by atoms with Gasteiger partial charge >= 0.3 is 0 Å². The number of nitrogens with one attached hydrogen (secondary N) is 1. The van der Waals surface area contributed by atoms with Crippen LogP contribution < -0.4 is 10.1 Å². The molecule has 28 heavy (non-hydrogen) atoms. The smallest absolute Gasteiger partial charge is 0.193 e. The zero-order valence-electron chi connectivity index (χ0n) is 18.2. The molecule has 154 valence electrons. The van der Waals surface area contributed by atoms with Crippen LogP contribution in [0.2, 0.25) is 0 Å². The number of methoxy groups -OCH3 is 1. The number of benzene rings is 1. The number of hydrogen-bond acceptors (Lipinski definition) is 3. The molecule has 0 amide bonds. The van der Waals surface area contributed by atoms with E-state index in [4.69, 9.17) is 9.73 Å². The van der Waals surface area contributed by atoms with E-state index in [1.807, 2.05) is 23.9 Å². The van der Waals surface area contributed by atoms with Gasteiger partial charge in [-0.2, -0.15) is 5.10 Å². The minimum Gasteiger partial charge on any atom is -0.497 e. The molecule has 1 aromatic heterocycles. The van der Waals surface area contributed by atoms with Gasteiger partial charge < -0.3 is 15.0 Å². The summed E-state index contributed by atoms with van der Waals surface area (Å²) in [5.41, 5.74) is 3.69. The molecule has 0 bridgehead atoms. The van der Waals surface area contributed by atoms with E-state index in [1.165, 1.54) is 11.1 Å². The number of aromatic nitrogens is 2. The van der Waals surface area contributed by atoms with E-state index in [1.54, 1.807) is 7.11 Å². The van der Waals surface area contributed by atoms with Gasteiger partial charge in [0.25, 0.3) is 0 Å². The van der Waals surface area contributed by atoms with Gasteiger partial charge in [0.1, 0.15) is 5.75 Å². The number of ether oxygens (including phenoxy) is 1. The van der Waals surface area contributed by atoms with E-state index in [0.717, 1.165) is 49.9 Å². The summed E-state index contributed by atoms with van der Waals surface area (Å²) in [5.74, 6) is 2.25. The number of rotatable bonds is 9. The normalized spacial score (nSPS) is 11.8. The van der Waals surface area contributed by atoms with Gasteiger partial charge in [-0.15, -0.1) is 0 Å². The Morgan fingerprint density at radius 2 is 2.14 bits per heavy atom. The van der Waals surface area contributed by atoms with E-state index in [0.29, 0.717) is 5.92 Å². The number of aryl methyl sites for hydroxylation is 2. The van der Waals surface area contributed by atoms with E-state index in [9.17, 15) is 0 Å². The van der Waals surface area contributed by atoms with Crippen molar-refractivity contribution in [2.75, 3.05) is 27.2 Å². The largest absolute Gasteiger partial charge is 0.497 e. The summed E-state index contributed by atoms with van der Waals surface area (Å²) in [4.78, 5) is 7.00. The fourth-order valence-electron chi connectivity index (χ4n) is 3.26. The fourth-order valence-corrected chi connectivity index (χ4v) is 3.26. The molecule has 0 fully saturated rings. The summed E-state index contributed by atoms with van der Waals surface area (Å²) < 4.78 is 7.20. The molecule has 0 saturated carbocycles. The SMILES string of the molecule is CCNC(=NCCCc1cccc(OC)c1)N(C)Cc1cn(C)nc1C(C)C. The Labute approximate surface area is 169 Å². The molecule has 0 unspecified atom stereocenters. The minimum atomic E-state index is 0.409. The quantitative estimate of drug-likeness (QED) is 0.407. The van der Waals surface area contributed by atoms with E-state index >= 15 is 0 Å². The lowest BCUT2D eigenvalue weighted by Gasteiger charge is -2.22. The molecule has 1 aromatic carbocycles. The van der Waals surface area contributed by atoms with E-state index in [-0.39, 0.29) is 0 Å². The zero-order valence-corrected chi connectivity index (χ0v) is 18.2. The minimum absolute atomic E-state index is 0.409. The zero-order chi connectivity index (χ0) is 20.5. The molecule has 0 radical (unpaired) electrons. The first kappa shape index (κ1) is 21.8. The number of guanidine groups is 1. The second kappa shape index (κ2) is 10.7. The van der Waals surface area contributed by atoms with Crippen LogP contribution in [0.3, 0.4) is 0 Å².